The van der Waals surface area contributed by atoms with Gasteiger partial charge in [-0.25, -0.2) is 0 Å². The summed E-state index contributed by atoms with van der Waals surface area (Å²) in [5, 5.41) is 0. The Morgan fingerprint density at radius 1 is 1.06 bits per heavy atom. The lowest BCUT2D eigenvalue weighted by atomic mass is 10.2. The summed E-state index contributed by atoms with van der Waals surface area (Å²) in [7, 11) is 0. The molecule has 1 nitrogen and oxygen atoms in total. The lowest BCUT2D eigenvalue weighted by Crippen LogP contribution is -1.87. The maximum Gasteiger partial charge on any atom is 0.0317 e. The summed E-state index contributed by atoms with van der Waals surface area (Å²) in [4.78, 5) is 1.30. The van der Waals surface area contributed by atoms with Crippen LogP contribution in [0.4, 0.5) is 5.69 Å². The van der Waals surface area contributed by atoms with E-state index in [1.807, 2.05) is 30.0 Å². The van der Waals surface area contributed by atoms with Crippen molar-refractivity contribution in [1.82, 2.24) is 0 Å². The van der Waals surface area contributed by atoms with Gasteiger partial charge in [-0.2, -0.15) is 0 Å². The molecular formula is C14H15NS. The van der Waals surface area contributed by atoms with E-state index in [9.17, 15) is 0 Å². The van der Waals surface area contributed by atoms with Gasteiger partial charge in [0.25, 0.3) is 0 Å². The molecule has 2 heteroatoms. The van der Waals surface area contributed by atoms with Gasteiger partial charge in [-0.05, 0) is 36.2 Å². The second-order valence-corrected chi connectivity index (χ2v) is 4.82. The zero-order chi connectivity index (χ0) is 11.4. The molecule has 0 amide bonds. The van der Waals surface area contributed by atoms with E-state index in [4.69, 9.17) is 5.73 Å². The van der Waals surface area contributed by atoms with Crippen LogP contribution in [0.25, 0.3) is 0 Å². The number of nitrogen functional groups attached to an aromatic ring is 1. The van der Waals surface area contributed by atoms with E-state index in [0.29, 0.717) is 0 Å². The molecule has 0 aromatic heterocycles. The van der Waals surface area contributed by atoms with Crippen molar-refractivity contribution in [3.63, 3.8) is 0 Å². The molecule has 0 radical (unpaired) electrons. The van der Waals surface area contributed by atoms with E-state index in [1.54, 1.807) is 0 Å². The number of benzene rings is 2. The molecule has 0 heterocycles. The van der Waals surface area contributed by atoms with Gasteiger partial charge in [0.15, 0.2) is 0 Å². The number of anilines is 1. The van der Waals surface area contributed by atoms with Crippen LogP contribution < -0.4 is 5.73 Å². The van der Waals surface area contributed by atoms with Crippen LogP contribution in [0.2, 0.25) is 0 Å². The van der Waals surface area contributed by atoms with Gasteiger partial charge < -0.3 is 5.73 Å². The standard InChI is InChI=1S/C14H15NS/c1-11-9-13(15)7-8-14(11)16-10-12-5-3-2-4-6-12/h2-9H,10,15H2,1H3. The van der Waals surface area contributed by atoms with E-state index in [1.165, 1.54) is 16.0 Å². The van der Waals surface area contributed by atoms with Crippen molar-refractivity contribution in [1.29, 1.82) is 0 Å². The van der Waals surface area contributed by atoms with Gasteiger partial charge in [-0.1, -0.05) is 30.3 Å². The van der Waals surface area contributed by atoms with E-state index < -0.39 is 0 Å². The monoisotopic (exact) mass is 229 g/mol. The van der Waals surface area contributed by atoms with Gasteiger partial charge >= 0.3 is 0 Å². The Labute approximate surface area is 101 Å². The Morgan fingerprint density at radius 2 is 1.81 bits per heavy atom. The molecule has 0 bridgehead atoms. The van der Waals surface area contributed by atoms with Crippen molar-refractivity contribution in [2.75, 3.05) is 5.73 Å². The molecule has 2 N–H and O–H groups in total. The van der Waals surface area contributed by atoms with Gasteiger partial charge in [0.2, 0.25) is 0 Å². The van der Waals surface area contributed by atoms with E-state index in [0.717, 1.165) is 11.4 Å². The molecule has 2 rings (SSSR count). The highest BCUT2D eigenvalue weighted by atomic mass is 32.2. The Hall–Kier alpha value is -1.41. The smallest absolute Gasteiger partial charge is 0.0317 e. The van der Waals surface area contributed by atoms with Crippen LogP contribution in [0.5, 0.6) is 0 Å². The molecule has 82 valence electrons. The van der Waals surface area contributed by atoms with Crippen LogP contribution in [-0.4, -0.2) is 0 Å². The fourth-order valence-electron chi connectivity index (χ4n) is 1.57. The van der Waals surface area contributed by atoms with Gasteiger partial charge in [0, 0.05) is 16.3 Å². The highest BCUT2D eigenvalue weighted by Crippen LogP contribution is 2.27. The number of aryl methyl sites for hydroxylation is 1. The minimum atomic E-state index is 0.835. The summed E-state index contributed by atoms with van der Waals surface area (Å²) in [6.07, 6.45) is 0. The minimum absolute atomic E-state index is 0.835. The summed E-state index contributed by atoms with van der Waals surface area (Å²) in [5.41, 5.74) is 9.16. The molecule has 0 spiro atoms. The average Bonchev–Trinajstić information content (AvgIpc) is 2.29. The molecule has 0 fully saturated rings. The average molecular weight is 229 g/mol. The molecule has 2 aromatic rings. The zero-order valence-corrected chi connectivity index (χ0v) is 10.1. The van der Waals surface area contributed by atoms with Crippen LogP contribution in [0.3, 0.4) is 0 Å². The van der Waals surface area contributed by atoms with Crippen LogP contribution in [-0.2, 0) is 5.75 Å². The second-order valence-electron chi connectivity index (χ2n) is 3.80. The van der Waals surface area contributed by atoms with Crippen molar-refractivity contribution in [2.24, 2.45) is 0 Å². The maximum absolute atomic E-state index is 5.73. The van der Waals surface area contributed by atoms with Crippen LogP contribution >= 0.6 is 11.8 Å². The van der Waals surface area contributed by atoms with Gasteiger partial charge in [-0.3, -0.25) is 0 Å². The Balaban J connectivity index is 2.05. The molecule has 16 heavy (non-hydrogen) atoms. The van der Waals surface area contributed by atoms with Crippen molar-refractivity contribution >= 4 is 17.4 Å². The minimum Gasteiger partial charge on any atom is -0.399 e. The molecule has 0 unspecified atom stereocenters. The fourth-order valence-corrected chi connectivity index (χ4v) is 2.54. The predicted octanol–water partition coefficient (Wildman–Crippen LogP) is 3.87. The highest BCUT2D eigenvalue weighted by molar-refractivity contribution is 7.98. The molecule has 2 aromatic carbocycles. The van der Waals surface area contributed by atoms with E-state index in [-0.39, 0.29) is 0 Å². The van der Waals surface area contributed by atoms with E-state index in [2.05, 4.69) is 37.3 Å². The van der Waals surface area contributed by atoms with Crippen LogP contribution in [0.1, 0.15) is 11.1 Å². The summed E-state index contributed by atoms with van der Waals surface area (Å²) in [6, 6.07) is 16.6. The van der Waals surface area contributed by atoms with E-state index >= 15 is 0 Å². The maximum atomic E-state index is 5.73. The molecular weight excluding hydrogens is 214 g/mol. The summed E-state index contributed by atoms with van der Waals surface area (Å²) in [5.74, 6) is 1.01. The number of hydrogen-bond donors (Lipinski definition) is 1. The number of nitrogens with two attached hydrogens (primary N) is 1. The third kappa shape index (κ3) is 2.80. The lowest BCUT2D eigenvalue weighted by molar-refractivity contribution is 1.29. The third-order valence-corrected chi connectivity index (χ3v) is 3.68. The van der Waals surface area contributed by atoms with Crippen LogP contribution in [0.15, 0.2) is 53.4 Å². The fraction of sp³-hybridized carbons (Fsp3) is 0.143. The first-order valence-corrected chi connectivity index (χ1v) is 6.27. The quantitative estimate of drug-likeness (QED) is 0.638. The summed E-state index contributed by atoms with van der Waals surface area (Å²) < 4.78 is 0. The van der Waals surface area contributed by atoms with Crippen molar-refractivity contribution in [3.05, 3.63) is 59.7 Å². The molecule has 0 atom stereocenters. The zero-order valence-electron chi connectivity index (χ0n) is 9.31. The van der Waals surface area contributed by atoms with Crippen molar-refractivity contribution in [2.45, 2.75) is 17.6 Å². The topological polar surface area (TPSA) is 26.0 Å². The number of rotatable bonds is 3. The number of thioether (sulfide) groups is 1. The van der Waals surface area contributed by atoms with Gasteiger partial charge in [0.1, 0.15) is 0 Å². The normalized spacial score (nSPS) is 10.3. The molecule has 0 aliphatic carbocycles. The van der Waals surface area contributed by atoms with Gasteiger partial charge in [-0.15, -0.1) is 11.8 Å². The largest absolute Gasteiger partial charge is 0.399 e. The highest BCUT2D eigenvalue weighted by Gasteiger charge is 2.00. The summed E-state index contributed by atoms with van der Waals surface area (Å²) >= 11 is 1.85. The van der Waals surface area contributed by atoms with Crippen molar-refractivity contribution < 1.29 is 0 Å². The van der Waals surface area contributed by atoms with Crippen molar-refractivity contribution in [3.8, 4) is 0 Å². The number of hydrogen-bond acceptors (Lipinski definition) is 2. The molecule has 0 saturated heterocycles. The predicted molar refractivity (Wildman–Crippen MR) is 71.6 cm³/mol. The van der Waals surface area contributed by atoms with Gasteiger partial charge in [0.05, 0.1) is 0 Å². The first-order chi connectivity index (χ1) is 7.75. The molecule has 0 saturated carbocycles. The Kier molecular flexibility index (Phi) is 3.52. The molecule has 0 aliphatic heterocycles. The second kappa shape index (κ2) is 5.08. The first kappa shape index (κ1) is 11.1. The Bertz CT molecular complexity index is 465. The lowest BCUT2D eigenvalue weighted by Gasteiger charge is -2.06. The Morgan fingerprint density at radius 3 is 2.50 bits per heavy atom. The summed E-state index contributed by atoms with van der Waals surface area (Å²) in [6.45, 7) is 2.10. The molecule has 0 aliphatic rings. The SMILES string of the molecule is Cc1cc(N)ccc1SCc1ccccc1. The first-order valence-electron chi connectivity index (χ1n) is 5.28. The third-order valence-electron chi connectivity index (χ3n) is 2.44. The van der Waals surface area contributed by atoms with Crippen LogP contribution in [0, 0.1) is 6.92 Å².